The zero-order chi connectivity index (χ0) is 31.2. The third kappa shape index (κ3) is 13.4. The molecule has 0 aromatic carbocycles. The van der Waals surface area contributed by atoms with Crippen molar-refractivity contribution in [2.75, 3.05) is 36.7 Å². The van der Waals surface area contributed by atoms with E-state index in [0.717, 1.165) is 25.2 Å². The molecule has 0 radical (unpaired) electrons. The number of likely N-dealkylation sites (N-methyl/N-ethyl adjacent to an activating group) is 1. The Morgan fingerprint density at radius 2 is 1.83 bits per heavy atom. The summed E-state index contributed by atoms with van der Waals surface area (Å²) in [5.74, 6) is 6.62. The SMILES string of the molecule is C=NN(/C=C\C)c1ccnc(OC/C(=C(/N)c2ccc(N3CCCCC3)c(CC)n2)N(C)N)n1.CC.C[C-]=O.[CH2-]C.[U+2]. The number of rotatable bonds is 10. The Morgan fingerprint density at radius 1 is 1.21 bits per heavy atom. The molecule has 230 valence electrons. The maximum absolute atomic E-state index is 8.68. The molecule has 1 fully saturated rings. The van der Waals surface area contributed by atoms with Gasteiger partial charge in [-0.1, -0.05) is 26.8 Å². The molecule has 0 saturated carbocycles. The molecule has 1 aliphatic heterocycles. The van der Waals surface area contributed by atoms with Crippen LogP contribution in [-0.2, 0) is 11.2 Å². The van der Waals surface area contributed by atoms with Crippen LogP contribution in [0.25, 0.3) is 5.70 Å². The quantitative estimate of drug-likeness (QED) is 0.148. The third-order valence-electron chi connectivity index (χ3n) is 5.63. The molecule has 1 aliphatic rings. The molecule has 3 heterocycles. The molecule has 3 rings (SSSR count). The number of carbonyl (C=O) groups excluding carboxylic acids is 1. The van der Waals surface area contributed by atoms with Gasteiger partial charge in [-0.15, -0.1) is 0 Å². The number of ether oxygens (including phenoxy) is 1. The fraction of sp³-hybridized carbons (Fsp3) is 0.467. The van der Waals surface area contributed by atoms with Crippen LogP contribution in [0.2, 0.25) is 0 Å². The summed E-state index contributed by atoms with van der Waals surface area (Å²) in [6.45, 7) is 20.1. The number of nitrogens with zero attached hydrogens (tertiary/aromatic N) is 7. The average Bonchev–Trinajstić information content (AvgIpc) is 3.02. The van der Waals surface area contributed by atoms with Crippen molar-refractivity contribution in [2.24, 2.45) is 16.7 Å². The molecule has 12 heteroatoms. The van der Waals surface area contributed by atoms with Gasteiger partial charge in [0.15, 0.2) is 5.82 Å². The Hall–Kier alpha value is -2.94. The van der Waals surface area contributed by atoms with E-state index in [4.69, 9.17) is 26.1 Å². The van der Waals surface area contributed by atoms with Crippen LogP contribution in [0.4, 0.5) is 11.5 Å². The zero-order valence-electron chi connectivity index (χ0n) is 26.4. The molecule has 0 amide bonds. The van der Waals surface area contributed by atoms with Gasteiger partial charge in [0.2, 0.25) is 0 Å². The summed E-state index contributed by atoms with van der Waals surface area (Å²) < 4.78 is 5.83. The number of aromatic nitrogens is 3. The topological polar surface area (TPSA) is 139 Å². The van der Waals surface area contributed by atoms with E-state index in [9.17, 15) is 0 Å². The van der Waals surface area contributed by atoms with Crippen molar-refractivity contribution in [3.8, 4) is 6.01 Å². The predicted molar refractivity (Wildman–Crippen MR) is 171 cm³/mol. The second kappa shape index (κ2) is 24.6. The number of aryl methyl sites for hydroxylation is 1. The molecule has 42 heavy (non-hydrogen) atoms. The van der Waals surface area contributed by atoms with E-state index >= 15 is 0 Å². The van der Waals surface area contributed by atoms with E-state index in [0.29, 0.717) is 22.9 Å². The first kappa shape index (κ1) is 41.2. The van der Waals surface area contributed by atoms with Gasteiger partial charge in [0.25, 0.3) is 0 Å². The molecule has 4 N–H and O–H groups in total. The molecule has 0 atom stereocenters. The summed E-state index contributed by atoms with van der Waals surface area (Å²) in [4.78, 5) is 24.5. The van der Waals surface area contributed by atoms with Gasteiger partial charge in [0.1, 0.15) is 6.61 Å². The van der Waals surface area contributed by atoms with Crippen LogP contribution >= 0.6 is 0 Å². The van der Waals surface area contributed by atoms with Crippen LogP contribution in [0.1, 0.15) is 72.2 Å². The third-order valence-corrected chi connectivity index (χ3v) is 5.63. The number of anilines is 2. The first-order valence-corrected chi connectivity index (χ1v) is 14.0. The Bertz CT molecular complexity index is 1090. The summed E-state index contributed by atoms with van der Waals surface area (Å²) in [5, 5.41) is 6.87. The van der Waals surface area contributed by atoms with E-state index in [2.05, 4.69) is 46.6 Å². The monoisotopic (exact) mass is 805 g/mol. The van der Waals surface area contributed by atoms with Gasteiger partial charge >= 0.3 is 37.1 Å². The van der Waals surface area contributed by atoms with Gasteiger partial charge in [-0.25, -0.2) is 20.8 Å². The second-order valence-corrected chi connectivity index (χ2v) is 8.19. The van der Waals surface area contributed by atoms with Gasteiger partial charge < -0.3 is 32.1 Å². The van der Waals surface area contributed by atoms with Crippen LogP contribution in [0.3, 0.4) is 0 Å². The minimum Gasteiger partial charge on any atom is -0.542 e. The maximum atomic E-state index is 8.68. The van der Waals surface area contributed by atoms with Crippen LogP contribution in [0, 0.1) is 38.0 Å². The Labute approximate surface area is 276 Å². The van der Waals surface area contributed by atoms with E-state index < -0.39 is 0 Å². The van der Waals surface area contributed by atoms with Gasteiger partial charge in [-0.2, -0.15) is 23.9 Å². The van der Waals surface area contributed by atoms with Gasteiger partial charge in [-0.05, 0) is 44.7 Å². The summed E-state index contributed by atoms with van der Waals surface area (Å²) in [6, 6.07) is 5.94. The van der Waals surface area contributed by atoms with Crippen LogP contribution in [0.5, 0.6) is 6.01 Å². The molecule has 0 spiro atoms. The fourth-order valence-electron chi connectivity index (χ4n) is 3.84. The minimum atomic E-state index is 0. The summed E-state index contributed by atoms with van der Waals surface area (Å²) in [7, 11) is 1.71. The molecule has 2 aromatic rings. The Balaban J connectivity index is 0. The van der Waals surface area contributed by atoms with Crippen molar-refractivity contribution in [1.82, 2.24) is 20.0 Å². The number of pyridine rings is 1. The van der Waals surface area contributed by atoms with E-state index in [1.807, 2.05) is 32.9 Å². The average molecular weight is 806 g/mol. The fourth-order valence-corrected chi connectivity index (χ4v) is 3.84. The van der Waals surface area contributed by atoms with Crippen molar-refractivity contribution >= 4 is 30.2 Å². The Kier molecular flexibility index (Phi) is 24.2. The van der Waals surface area contributed by atoms with Gasteiger partial charge in [-0.3, -0.25) is 6.29 Å². The van der Waals surface area contributed by atoms with Gasteiger partial charge in [0, 0.05) is 45.3 Å². The summed E-state index contributed by atoms with van der Waals surface area (Å²) >= 11 is 0. The molecular weight excluding hydrogens is 756 g/mol. The normalized spacial score (nSPS) is 12.5. The molecule has 2 aromatic heterocycles. The van der Waals surface area contributed by atoms with Gasteiger partial charge in [0.05, 0.1) is 28.5 Å². The predicted octanol–water partition coefficient (Wildman–Crippen LogP) is 4.87. The summed E-state index contributed by atoms with van der Waals surface area (Å²) in [5.41, 5.74) is 10.4. The number of hydrazine groups is 1. The van der Waals surface area contributed by atoms with Crippen molar-refractivity contribution in [1.29, 1.82) is 0 Å². The zero-order valence-corrected chi connectivity index (χ0v) is 30.6. The minimum absolute atomic E-state index is 0. The van der Waals surface area contributed by atoms with E-state index in [-0.39, 0.29) is 43.7 Å². The first-order valence-electron chi connectivity index (χ1n) is 14.0. The van der Waals surface area contributed by atoms with Crippen LogP contribution < -0.4 is 26.2 Å². The first-order chi connectivity index (χ1) is 19.9. The summed E-state index contributed by atoms with van der Waals surface area (Å²) in [6.07, 6.45) is 11.2. The standard InChI is InChI=1S/C24H35N9O.C2H3O.C2H6.C2H5.U/c1-5-14-33(27-3)22-12-13-28-24(30-22)34-17-21(31(4)26)23(25)19-10-11-20(18(6-2)29-19)32-15-8-7-9-16-32;1-2-3;2*1-2;/h5,10-14H,3,6-9,15-17,25-26H2,1-2,4H3;1H3;1-2H3;1H2,2H3;/q;-1;;-1;+2/b14-5-,23-21-;;;;. The van der Waals surface area contributed by atoms with Crippen molar-refractivity contribution < 1.29 is 40.6 Å². The Morgan fingerprint density at radius 3 is 2.36 bits per heavy atom. The number of nitrogens with two attached hydrogens (primary N) is 2. The van der Waals surface area contributed by atoms with Crippen molar-refractivity contribution in [3.63, 3.8) is 0 Å². The smallest absolute Gasteiger partial charge is 0.542 e. The molecule has 0 unspecified atom stereocenters. The van der Waals surface area contributed by atoms with E-state index in [1.54, 1.807) is 32.4 Å². The number of hydrazone groups is 1. The number of allylic oxidation sites excluding steroid dienone is 1. The largest absolute Gasteiger partial charge is 2.00 e. The number of hydrogen-bond acceptors (Lipinski definition) is 11. The molecule has 0 bridgehead atoms. The molecular formula is C30H49N9O2U. The van der Waals surface area contributed by atoms with Crippen molar-refractivity contribution in [3.05, 3.63) is 60.7 Å². The van der Waals surface area contributed by atoms with Crippen molar-refractivity contribution in [2.45, 2.75) is 67.2 Å². The second-order valence-electron chi connectivity index (χ2n) is 8.19. The maximum Gasteiger partial charge on any atom is 2.00 e. The molecule has 0 aliphatic carbocycles. The number of hydrogen-bond donors (Lipinski definition) is 2. The van der Waals surface area contributed by atoms with Crippen LogP contribution in [-0.4, -0.2) is 59.7 Å². The molecule has 1 saturated heterocycles. The van der Waals surface area contributed by atoms with E-state index in [1.165, 1.54) is 48.2 Å². The number of piperidine rings is 1. The van der Waals surface area contributed by atoms with Crippen LogP contribution in [0.15, 0.2) is 47.5 Å². The molecule has 11 nitrogen and oxygen atoms in total.